The molecule has 1 aromatic rings. The van der Waals surface area contributed by atoms with Crippen molar-refractivity contribution >= 4 is 5.69 Å². The summed E-state index contributed by atoms with van der Waals surface area (Å²) in [5, 5.41) is 20.5. The molecule has 1 unspecified atom stereocenters. The van der Waals surface area contributed by atoms with Crippen LogP contribution in [0.15, 0.2) is 12.1 Å². The number of hydrogen-bond donors (Lipinski definition) is 2. The number of aryl methyl sites for hydroxylation is 2. The fraction of sp³-hybridized carbons (Fsp3) is 0.455. The van der Waals surface area contributed by atoms with Gasteiger partial charge in [0, 0.05) is 11.1 Å². The first-order valence-corrected chi connectivity index (χ1v) is 5.11. The molecule has 0 amide bonds. The van der Waals surface area contributed by atoms with Crippen molar-refractivity contribution in [1.82, 2.24) is 0 Å². The highest BCUT2D eigenvalue weighted by Gasteiger charge is 2.17. The van der Waals surface area contributed by atoms with Gasteiger partial charge in [0.2, 0.25) is 0 Å². The largest absolute Gasteiger partial charge is 0.388 e. The van der Waals surface area contributed by atoms with Gasteiger partial charge in [0.25, 0.3) is 5.69 Å². The fourth-order valence-electron chi connectivity index (χ4n) is 1.79. The van der Waals surface area contributed by atoms with Crippen LogP contribution in [0.1, 0.15) is 29.2 Å². The summed E-state index contributed by atoms with van der Waals surface area (Å²) in [4.78, 5) is 10.4. The zero-order chi connectivity index (χ0) is 12.3. The summed E-state index contributed by atoms with van der Waals surface area (Å²) >= 11 is 0. The lowest BCUT2D eigenvalue weighted by Crippen LogP contribution is -2.07. The van der Waals surface area contributed by atoms with Crippen LogP contribution in [0.2, 0.25) is 0 Å². The van der Waals surface area contributed by atoms with E-state index in [1.54, 1.807) is 26.0 Å². The van der Waals surface area contributed by atoms with E-state index in [2.05, 4.69) is 0 Å². The predicted molar refractivity (Wildman–Crippen MR) is 61.2 cm³/mol. The van der Waals surface area contributed by atoms with Gasteiger partial charge < -0.3 is 10.8 Å². The molecule has 3 N–H and O–H groups in total. The molecule has 1 rings (SSSR count). The zero-order valence-corrected chi connectivity index (χ0v) is 9.43. The van der Waals surface area contributed by atoms with Gasteiger partial charge in [0.05, 0.1) is 11.0 Å². The van der Waals surface area contributed by atoms with Gasteiger partial charge in [-0.15, -0.1) is 0 Å². The Hall–Kier alpha value is -1.46. The van der Waals surface area contributed by atoms with Crippen molar-refractivity contribution in [2.45, 2.75) is 26.4 Å². The highest BCUT2D eigenvalue weighted by atomic mass is 16.6. The maximum atomic E-state index is 10.8. The molecular weight excluding hydrogens is 208 g/mol. The Morgan fingerprint density at radius 2 is 1.94 bits per heavy atom. The smallest absolute Gasteiger partial charge is 0.275 e. The quantitative estimate of drug-likeness (QED) is 0.600. The van der Waals surface area contributed by atoms with Gasteiger partial charge in [-0.3, -0.25) is 10.1 Å². The predicted octanol–water partition coefficient (Wildman–Crippen LogP) is 1.59. The molecule has 0 aliphatic heterocycles. The molecule has 1 aromatic carbocycles. The standard InChI is InChI=1S/C11H16N2O3/c1-7-5-9(10(14)3-4-12)6-8(2)11(7)13(15)16/h5-6,10,14H,3-4,12H2,1-2H3. The van der Waals surface area contributed by atoms with E-state index >= 15 is 0 Å². The highest BCUT2D eigenvalue weighted by molar-refractivity contribution is 5.49. The minimum absolute atomic E-state index is 0.115. The van der Waals surface area contributed by atoms with Gasteiger partial charge in [-0.1, -0.05) is 0 Å². The van der Waals surface area contributed by atoms with Crippen molar-refractivity contribution < 1.29 is 10.0 Å². The first kappa shape index (κ1) is 12.6. The van der Waals surface area contributed by atoms with Gasteiger partial charge >= 0.3 is 0 Å². The molecule has 0 saturated heterocycles. The Morgan fingerprint density at radius 1 is 1.44 bits per heavy atom. The first-order chi connectivity index (χ1) is 7.47. The molecule has 5 nitrogen and oxygen atoms in total. The van der Waals surface area contributed by atoms with E-state index < -0.39 is 11.0 Å². The van der Waals surface area contributed by atoms with Crippen molar-refractivity contribution in [3.05, 3.63) is 38.9 Å². The van der Waals surface area contributed by atoms with Crippen LogP contribution in [0.25, 0.3) is 0 Å². The lowest BCUT2D eigenvalue weighted by molar-refractivity contribution is -0.386. The van der Waals surface area contributed by atoms with E-state index in [4.69, 9.17) is 5.73 Å². The Bertz CT molecular complexity index is 381. The molecule has 0 heterocycles. The second-order valence-corrected chi connectivity index (χ2v) is 3.85. The number of rotatable bonds is 4. The summed E-state index contributed by atoms with van der Waals surface area (Å²) < 4.78 is 0. The van der Waals surface area contributed by atoms with E-state index in [9.17, 15) is 15.2 Å². The Balaban J connectivity index is 3.14. The fourth-order valence-corrected chi connectivity index (χ4v) is 1.79. The van der Waals surface area contributed by atoms with Gasteiger partial charge in [-0.2, -0.15) is 0 Å². The number of hydrogen-bond acceptors (Lipinski definition) is 4. The van der Waals surface area contributed by atoms with Crippen LogP contribution >= 0.6 is 0 Å². The molecule has 0 bridgehead atoms. The lowest BCUT2D eigenvalue weighted by Gasteiger charge is -2.12. The second kappa shape index (κ2) is 5.05. The number of benzene rings is 1. The van der Waals surface area contributed by atoms with Crippen molar-refractivity contribution in [3.63, 3.8) is 0 Å². The SMILES string of the molecule is Cc1cc(C(O)CCN)cc(C)c1[N+](=O)[O-]. The van der Waals surface area contributed by atoms with E-state index in [0.717, 1.165) is 0 Å². The molecule has 0 spiro atoms. The van der Waals surface area contributed by atoms with Crippen molar-refractivity contribution in [2.24, 2.45) is 5.73 Å². The van der Waals surface area contributed by atoms with Gasteiger partial charge in [-0.05, 0) is 44.5 Å². The summed E-state index contributed by atoms with van der Waals surface area (Å²) in [6, 6.07) is 3.29. The molecule has 0 radical (unpaired) electrons. The molecule has 16 heavy (non-hydrogen) atoms. The third kappa shape index (κ3) is 2.56. The third-order valence-corrected chi connectivity index (χ3v) is 2.52. The minimum atomic E-state index is -0.650. The van der Waals surface area contributed by atoms with Gasteiger partial charge in [0.15, 0.2) is 0 Å². The molecule has 5 heteroatoms. The van der Waals surface area contributed by atoms with E-state index in [1.165, 1.54) is 0 Å². The van der Waals surface area contributed by atoms with Crippen LogP contribution in [-0.2, 0) is 0 Å². The normalized spacial score (nSPS) is 12.5. The number of aliphatic hydroxyl groups excluding tert-OH is 1. The molecule has 0 saturated carbocycles. The Labute approximate surface area is 94.0 Å². The summed E-state index contributed by atoms with van der Waals surface area (Å²) in [7, 11) is 0. The maximum Gasteiger partial charge on any atom is 0.275 e. The third-order valence-electron chi connectivity index (χ3n) is 2.52. The van der Waals surface area contributed by atoms with Crippen molar-refractivity contribution in [3.8, 4) is 0 Å². The first-order valence-electron chi connectivity index (χ1n) is 5.11. The topological polar surface area (TPSA) is 89.4 Å². The summed E-state index contributed by atoms with van der Waals surface area (Å²) in [5.74, 6) is 0. The average Bonchev–Trinajstić information content (AvgIpc) is 2.16. The highest BCUT2D eigenvalue weighted by Crippen LogP contribution is 2.27. The van der Waals surface area contributed by atoms with Gasteiger partial charge in [-0.25, -0.2) is 0 Å². The number of aliphatic hydroxyl groups is 1. The van der Waals surface area contributed by atoms with Crippen LogP contribution in [0.3, 0.4) is 0 Å². The van der Waals surface area contributed by atoms with Crippen LogP contribution in [-0.4, -0.2) is 16.6 Å². The van der Waals surface area contributed by atoms with Gasteiger partial charge in [0.1, 0.15) is 0 Å². The van der Waals surface area contributed by atoms with Crippen LogP contribution in [0, 0.1) is 24.0 Å². The number of nitro benzene ring substituents is 1. The second-order valence-electron chi connectivity index (χ2n) is 3.85. The number of nitrogens with two attached hydrogens (primary N) is 1. The molecule has 88 valence electrons. The Kier molecular flexibility index (Phi) is 3.98. The Morgan fingerprint density at radius 3 is 2.31 bits per heavy atom. The number of nitro groups is 1. The zero-order valence-electron chi connectivity index (χ0n) is 9.43. The van der Waals surface area contributed by atoms with Crippen LogP contribution in [0.4, 0.5) is 5.69 Å². The molecular formula is C11H16N2O3. The van der Waals surface area contributed by atoms with Crippen molar-refractivity contribution in [2.75, 3.05) is 6.54 Å². The average molecular weight is 224 g/mol. The molecule has 0 aliphatic rings. The van der Waals surface area contributed by atoms with Crippen LogP contribution < -0.4 is 5.73 Å². The summed E-state index contributed by atoms with van der Waals surface area (Å²) in [5.41, 5.74) is 7.29. The van der Waals surface area contributed by atoms with Crippen LogP contribution in [0.5, 0.6) is 0 Å². The van der Waals surface area contributed by atoms with E-state index in [0.29, 0.717) is 29.7 Å². The molecule has 0 aliphatic carbocycles. The number of nitrogens with zero attached hydrogens (tertiary/aromatic N) is 1. The monoisotopic (exact) mass is 224 g/mol. The summed E-state index contributed by atoms with van der Waals surface area (Å²) in [6.07, 6.45) is -0.195. The van der Waals surface area contributed by atoms with E-state index in [-0.39, 0.29) is 5.69 Å². The molecule has 0 fully saturated rings. The summed E-state index contributed by atoms with van der Waals surface area (Å²) in [6.45, 7) is 3.73. The van der Waals surface area contributed by atoms with Crippen molar-refractivity contribution in [1.29, 1.82) is 0 Å². The maximum absolute atomic E-state index is 10.8. The lowest BCUT2D eigenvalue weighted by atomic mass is 9.99. The van der Waals surface area contributed by atoms with E-state index in [1.807, 2.05) is 0 Å². The molecule has 0 aromatic heterocycles. The minimum Gasteiger partial charge on any atom is -0.388 e. The molecule has 1 atom stereocenters.